The van der Waals surface area contributed by atoms with Crippen LogP contribution in [0.5, 0.6) is 0 Å². The molecule has 0 amide bonds. The van der Waals surface area contributed by atoms with Crippen molar-refractivity contribution in [2.24, 2.45) is 0 Å². The maximum absolute atomic E-state index is 9.82. The average molecular weight is 158 g/mol. The van der Waals surface area contributed by atoms with Crippen LogP contribution in [0, 0.1) is 0 Å². The Labute approximate surface area is 68.2 Å². The molecule has 0 aromatic carbocycles. The summed E-state index contributed by atoms with van der Waals surface area (Å²) in [6.07, 6.45) is 1.77. The summed E-state index contributed by atoms with van der Waals surface area (Å²) < 4.78 is 0. The van der Waals surface area contributed by atoms with Crippen molar-refractivity contribution in [2.75, 3.05) is 26.2 Å². The molecule has 3 nitrogen and oxygen atoms in total. The highest BCUT2D eigenvalue weighted by atomic mass is 16.3. The molecule has 1 unspecified atom stereocenters. The van der Waals surface area contributed by atoms with E-state index in [1.54, 1.807) is 0 Å². The number of rotatable bonds is 4. The second-order valence-corrected chi connectivity index (χ2v) is 3.25. The Hall–Kier alpha value is -0.120. The molecule has 1 aliphatic rings. The van der Waals surface area contributed by atoms with Gasteiger partial charge in [0.05, 0.1) is 5.60 Å². The number of hydrogen-bond donors (Lipinski definition) is 3. The third-order valence-electron chi connectivity index (χ3n) is 2.24. The van der Waals surface area contributed by atoms with Crippen LogP contribution in [-0.2, 0) is 0 Å². The van der Waals surface area contributed by atoms with Crippen LogP contribution >= 0.6 is 0 Å². The van der Waals surface area contributed by atoms with E-state index in [1.807, 2.05) is 0 Å². The average Bonchev–Trinajstić information content (AvgIpc) is 2.38. The topological polar surface area (TPSA) is 44.3 Å². The van der Waals surface area contributed by atoms with Gasteiger partial charge in [0.2, 0.25) is 0 Å². The minimum absolute atomic E-state index is 0.428. The van der Waals surface area contributed by atoms with Gasteiger partial charge in [-0.1, -0.05) is 6.92 Å². The molecule has 11 heavy (non-hydrogen) atoms. The van der Waals surface area contributed by atoms with Crippen LogP contribution in [0.1, 0.15) is 19.8 Å². The third kappa shape index (κ3) is 2.77. The maximum atomic E-state index is 9.82. The monoisotopic (exact) mass is 158 g/mol. The minimum Gasteiger partial charge on any atom is -0.388 e. The zero-order valence-electron chi connectivity index (χ0n) is 7.19. The molecular weight excluding hydrogens is 140 g/mol. The summed E-state index contributed by atoms with van der Waals surface area (Å²) in [4.78, 5) is 0. The zero-order valence-corrected chi connectivity index (χ0v) is 7.19. The van der Waals surface area contributed by atoms with Gasteiger partial charge in [-0.15, -0.1) is 0 Å². The van der Waals surface area contributed by atoms with E-state index in [-0.39, 0.29) is 0 Å². The fourth-order valence-corrected chi connectivity index (χ4v) is 1.44. The quantitative estimate of drug-likeness (QED) is 0.493. The fourth-order valence-electron chi connectivity index (χ4n) is 1.44. The van der Waals surface area contributed by atoms with Gasteiger partial charge in [-0.05, 0) is 32.5 Å². The molecule has 1 rings (SSSR count). The van der Waals surface area contributed by atoms with E-state index in [0.717, 1.165) is 39.0 Å². The Bertz CT molecular complexity index is 111. The highest BCUT2D eigenvalue weighted by Gasteiger charge is 2.29. The number of aliphatic hydroxyl groups is 1. The van der Waals surface area contributed by atoms with Crippen molar-refractivity contribution in [3.63, 3.8) is 0 Å². The fraction of sp³-hybridized carbons (Fsp3) is 1.00. The van der Waals surface area contributed by atoms with Crippen molar-refractivity contribution in [3.8, 4) is 0 Å². The summed E-state index contributed by atoms with van der Waals surface area (Å²) >= 11 is 0. The minimum atomic E-state index is -0.428. The Morgan fingerprint density at radius 2 is 2.45 bits per heavy atom. The van der Waals surface area contributed by atoms with E-state index in [1.165, 1.54) is 0 Å². The summed E-state index contributed by atoms with van der Waals surface area (Å²) in [5.74, 6) is 0. The van der Waals surface area contributed by atoms with E-state index >= 15 is 0 Å². The first-order valence-corrected chi connectivity index (χ1v) is 4.41. The molecule has 3 heteroatoms. The Kier molecular flexibility index (Phi) is 3.30. The van der Waals surface area contributed by atoms with Crippen molar-refractivity contribution in [1.82, 2.24) is 10.6 Å². The third-order valence-corrected chi connectivity index (χ3v) is 2.24. The largest absolute Gasteiger partial charge is 0.388 e. The summed E-state index contributed by atoms with van der Waals surface area (Å²) in [7, 11) is 0. The van der Waals surface area contributed by atoms with E-state index in [4.69, 9.17) is 0 Å². The molecule has 1 fully saturated rings. The molecule has 3 N–H and O–H groups in total. The second-order valence-electron chi connectivity index (χ2n) is 3.25. The Morgan fingerprint density at radius 1 is 1.64 bits per heavy atom. The number of nitrogens with one attached hydrogen (secondary N) is 2. The van der Waals surface area contributed by atoms with Gasteiger partial charge >= 0.3 is 0 Å². The standard InChI is InChI=1S/C8H18N2O/c1-2-9-5-3-8(11)4-6-10-7-8/h9-11H,2-7H2,1H3. The van der Waals surface area contributed by atoms with Crippen LogP contribution in [0.2, 0.25) is 0 Å². The van der Waals surface area contributed by atoms with Gasteiger partial charge < -0.3 is 15.7 Å². The lowest BCUT2D eigenvalue weighted by Crippen LogP contribution is -2.35. The molecule has 0 spiro atoms. The molecule has 0 aromatic rings. The van der Waals surface area contributed by atoms with Crippen molar-refractivity contribution >= 4 is 0 Å². The highest BCUT2D eigenvalue weighted by Crippen LogP contribution is 2.17. The highest BCUT2D eigenvalue weighted by molar-refractivity contribution is 4.87. The molecule has 66 valence electrons. The van der Waals surface area contributed by atoms with Gasteiger partial charge in [0.15, 0.2) is 0 Å². The normalized spacial score (nSPS) is 31.1. The lowest BCUT2D eigenvalue weighted by atomic mass is 9.99. The second kappa shape index (κ2) is 4.04. The van der Waals surface area contributed by atoms with Gasteiger partial charge in [-0.2, -0.15) is 0 Å². The van der Waals surface area contributed by atoms with E-state index in [9.17, 15) is 5.11 Å². The molecule has 0 bridgehead atoms. The summed E-state index contributed by atoms with van der Waals surface area (Å²) in [6.45, 7) is 5.72. The molecular formula is C8H18N2O. The SMILES string of the molecule is CCNCCC1(O)CCNC1. The molecule has 1 saturated heterocycles. The van der Waals surface area contributed by atoms with Gasteiger partial charge in [-0.3, -0.25) is 0 Å². The van der Waals surface area contributed by atoms with Crippen LogP contribution in [0.25, 0.3) is 0 Å². The Morgan fingerprint density at radius 3 is 3.00 bits per heavy atom. The molecule has 1 heterocycles. The van der Waals surface area contributed by atoms with Crippen molar-refractivity contribution in [1.29, 1.82) is 0 Å². The van der Waals surface area contributed by atoms with Crippen LogP contribution in [0.15, 0.2) is 0 Å². The van der Waals surface area contributed by atoms with Gasteiger partial charge in [0.1, 0.15) is 0 Å². The molecule has 0 aliphatic carbocycles. The van der Waals surface area contributed by atoms with Crippen molar-refractivity contribution in [3.05, 3.63) is 0 Å². The predicted octanol–water partition coefficient (Wildman–Crippen LogP) is -0.290. The maximum Gasteiger partial charge on any atom is 0.0795 e. The summed E-state index contributed by atoms with van der Waals surface area (Å²) in [5.41, 5.74) is -0.428. The Balaban J connectivity index is 2.13. The first-order valence-electron chi connectivity index (χ1n) is 4.41. The van der Waals surface area contributed by atoms with Crippen molar-refractivity contribution < 1.29 is 5.11 Å². The smallest absolute Gasteiger partial charge is 0.0795 e. The molecule has 0 aromatic heterocycles. The zero-order chi connectivity index (χ0) is 8.16. The lowest BCUT2D eigenvalue weighted by molar-refractivity contribution is 0.0527. The molecule has 0 saturated carbocycles. The van der Waals surface area contributed by atoms with Gasteiger partial charge in [0, 0.05) is 6.54 Å². The summed E-state index contributed by atoms with van der Waals surface area (Å²) in [5, 5.41) is 16.2. The lowest BCUT2D eigenvalue weighted by Gasteiger charge is -2.20. The predicted molar refractivity (Wildman–Crippen MR) is 45.6 cm³/mol. The van der Waals surface area contributed by atoms with Crippen LogP contribution < -0.4 is 10.6 Å². The van der Waals surface area contributed by atoms with E-state index in [0.29, 0.717) is 0 Å². The molecule has 1 aliphatic heterocycles. The number of hydrogen-bond acceptors (Lipinski definition) is 3. The van der Waals surface area contributed by atoms with Crippen LogP contribution in [-0.4, -0.2) is 36.9 Å². The first-order chi connectivity index (χ1) is 5.27. The number of β-amino-alcohol motifs (C(OH)–C–C–N with tert-alkyl or cyclic N) is 1. The molecule has 1 atom stereocenters. The van der Waals surface area contributed by atoms with E-state index in [2.05, 4.69) is 17.6 Å². The van der Waals surface area contributed by atoms with E-state index < -0.39 is 5.60 Å². The first kappa shape index (κ1) is 8.97. The van der Waals surface area contributed by atoms with Crippen LogP contribution in [0.4, 0.5) is 0 Å². The summed E-state index contributed by atoms with van der Waals surface area (Å²) in [6, 6.07) is 0. The van der Waals surface area contributed by atoms with Gasteiger partial charge in [0.25, 0.3) is 0 Å². The molecule has 0 radical (unpaired) electrons. The van der Waals surface area contributed by atoms with Crippen LogP contribution in [0.3, 0.4) is 0 Å². The van der Waals surface area contributed by atoms with Gasteiger partial charge in [-0.25, -0.2) is 0 Å². The van der Waals surface area contributed by atoms with Crippen molar-refractivity contribution in [2.45, 2.75) is 25.4 Å².